The fraction of sp³-hybridized carbons (Fsp3) is 0.667. The Morgan fingerprint density at radius 1 is 1.08 bits per heavy atom. The minimum Gasteiger partial charge on any atom is -0.378 e. The lowest BCUT2D eigenvalue weighted by atomic mass is 9.53. The summed E-state index contributed by atoms with van der Waals surface area (Å²) in [6.07, 6.45) is 8.24. The summed E-state index contributed by atoms with van der Waals surface area (Å²) in [5.41, 5.74) is 2.27. The molecule has 1 atom stereocenters. The van der Waals surface area contributed by atoms with Crippen molar-refractivity contribution < 1.29 is 4.79 Å². The molecular formula is C21H31N3O. The van der Waals surface area contributed by atoms with Crippen molar-refractivity contribution >= 4 is 17.3 Å². The molecular weight excluding hydrogens is 310 g/mol. The van der Waals surface area contributed by atoms with E-state index in [9.17, 15) is 4.79 Å². The van der Waals surface area contributed by atoms with Gasteiger partial charge in [-0.25, -0.2) is 0 Å². The number of anilines is 2. The SMILES string of the molecule is CNCC(C)C(=O)Nc1ccccc1NC12CC3CC(CC(C3)C1)C2. The highest BCUT2D eigenvalue weighted by Gasteiger charge is 2.51. The molecule has 0 spiro atoms. The fourth-order valence-corrected chi connectivity index (χ4v) is 5.91. The molecule has 1 aromatic rings. The monoisotopic (exact) mass is 341 g/mol. The van der Waals surface area contributed by atoms with Crippen molar-refractivity contribution in [2.75, 3.05) is 24.2 Å². The van der Waals surface area contributed by atoms with E-state index in [4.69, 9.17) is 0 Å². The van der Waals surface area contributed by atoms with Crippen LogP contribution in [0, 0.1) is 23.7 Å². The van der Waals surface area contributed by atoms with Gasteiger partial charge in [-0.15, -0.1) is 0 Å². The number of carbonyl (C=O) groups excluding carboxylic acids is 1. The number of amides is 1. The highest BCUT2D eigenvalue weighted by Crippen LogP contribution is 2.56. The van der Waals surface area contributed by atoms with Gasteiger partial charge in [0.2, 0.25) is 5.91 Å². The first-order valence-corrected chi connectivity index (χ1v) is 9.89. The number of carbonyl (C=O) groups is 1. The Labute approximate surface area is 151 Å². The van der Waals surface area contributed by atoms with Gasteiger partial charge in [0.15, 0.2) is 0 Å². The predicted octanol–water partition coefficient (Wildman–Crippen LogP) is 3.86. The van der Waals surface area contributed by atoms with Gasteiger partial charge in [0.05, 0.1) is 11.4 Å². The largest absolute Gasteiger partial charge is 0.378 e. The van der Waals surface area contributed by atoms with Crippen LogP contribution in [0.1, 0.15) is 45.4 Å². The van der Waals surface area contributed by atoms with Gasteiger partial charge in [-0.3, -0.25) is 4.79 Å². The van der Waals surface area contributed by atoms with Crippen molar-refractivity contribution in [1.82, 2.24) is 5.32 Å². The Kier molecular flexibility index (Phi) is 4.48. The molecule has 4 aliphatic carbocycles. The van der Waals surface area contributed by atoms with E-state index in [1.807, 2.05) is 26.1 Å². The van der Waals surface area contributed by atoms with E-state index < -0.39 is 0 Å². The molecule has 0 aliphatic heterocycles. The van der Waals surface area contributed by atoms with E-state index in [-0.39, 0.29) is 17.4 Å². The first-order valence-electron chi connectivity index (χ1n) is 9.89. The van der Waals surface area contributed by atoms with Crippen molar-refractivity contribution in [2.45, 2.75) is 51.0 Å². The average Bonchev–Trinajstić information content (AvgIpc) is 2.55. The normalized spacial score (nSPS) is 33.9. The standard InChI is InChI=1S/C21H31N3O/c1-14(13-22-2)20(25)23-18-5-3-4-6-19(18)24-21-10-15-7-16(11-21)9-17(8-15)12-21/h3-6,14-17,22,24H,7-13H2,1-2H3,(H,23,25). The van der Waals surface area contributed by atoms with Crippen molar-refractivity contribution in [3.8, 4) is 0 Å². The molecule has 4 nitrogen and oxygen atoms in total. The van der Waals surface area contributed by atoms with Crippen LogP contribution in [-0.2, 0) is 4.79 Å². The van der Waals surface area contributed by atoms with Crippen LogP contribution < -0.4 is 16.0 Å². The number of benzene rings is 1. The zero-order valence-electron chi connectivity index (χ0n) is 15.5. The minimum absolute atomic E-state index is 0.0439. The molecule has 4 heteroatoms. The van der Waals surface area contributed by atoms with Crippen LogP contribution in [0.4, 0.5) is 11.4 Å². The van der Waals surface area contributed by atoms with Crippen LogP contribution in [0.2, 0.25) is 0 Å². The Bertz CT molecular complexity index is 606. The van der Waals surface area contributed by atoms with Crippen molar-refractivity contribution in [3.05, 3.63) is 24.3 Å². The second-order valence-electron chi connectivity index (χ2n) is 8.82. The second-order valence-corrected chi connectivity index (χ2v) is 8.82. The van der Waals surface area contributed by atoms with Crippen LogP contribution in [0.3, 0.4) is 0 Å². The van der Waals surface area contributed by atoms with E-state index in [1.54, 1.807) is 0 Å². The van der Waals surface area contributed by atoms with Gasteiger partial charge >= 0.3 is 0 Å². The van der Waals surface area contributed by atoms with Gasteiger partial charge in [0.25, 0.3) is 0 Å². The van der Waals surface area contributed by atoms with Gasteiger partial charge < -0.3 is 16.0 Å². The van der Waals surface area contributed by atoms with Crippen LogP contribution >= 0.6 is 0 Å². The van der Waals surface area contributed by atoms with Gasteiger partial charge in [-0.2, -0.15) is 0 Å². The summed E-state index contributed by atoms with van der Waals surface area (Å²) >= 11 is 0. The lowest BCUT2D eigenvalue weighted by Gasteiger charge is -2.57. The van der Waals surface area contributed by atoms with Crippen molar-refractivity contribution in [1.29, 1.82) is 0 Å². The lowest BCUT2D eigenvalue weighted by molar-refractivity contribution is -0.119. The summed E-state index contributed by atoms with van der Waals surface area (Å²) < 4.78 is 0. The molecule has 25 heavy (non-hydrogen) atoms. The molecule has 1 unspecified atom stereocenters. The number of rotatable bonds is 6. The third-order valence-electron chi connectivity index (χ3n) is 6.58. The Morgan fingerprint density at radius 3 is 2.20 bits per heavy atom. The van der Waals surface area contributed by atoms with Gasteiger partial charge in [-0.05, 0) is 75.5 Å². The Hall–Kier alpha value is -1.55. The van der Waals surface area contributed by atoms with Gasteiger partial charge in [-0.1, -0.05) is 19.1 Å². The summed E-state index contributed by atoms with van der Waals surface area (Å²) in [6.45, 7) is 2.65. The molecule has 1 aromatic carbocycles. The molecule has 0 saturated heterocycles. The van der Waals surface area contributed by atoms with E-state index in [1.165, 1.54) is 38.5 Å². The van der Waals surface area contributed by atoms with Crippen LogP contribution in [0.25, 0.3) is 0 Å². The molecule has 0 aromatic heterocycles. The summed E-state index contributed by atoms with van der Waals surface area (Å²) in [4.78, 5) is 12.4. The maximum atomic E-state index is 12.4. The van der Waals surface area contributed by atoms with Crippen LogP contribution in [-0.4, -0.2) is 25.0 Å². The van der Waals surface area contributed by atoms with E-state index in [2.05, 4.69) is 28.1 Å². The summed E-state index contributed by atoms with van der Waals surface area (Å²) in [5, 5.41) is 10.1. The molecule has 136 valence electrons. The Balaban J connectivity index is 1.51. The third kappa shape index (κ3) is 3.41. The maximum Gasteiger partial charge on any atom is 0.228 e. The molecule has 4 bridgehead atoms. The van der Waals surface area contributed by atoms with Crippen molar-refractivity contribution in [2.24, 2.45) is 23.7 Å². The quantitative estimate of drug-likeness (QED) is 0.736. The lowest BCUT2D eigenvalue weighted by Crippen LogP contribution is -2.54. The molecule has 0 radical (unpaired) electrons. The first kappa shape index (κ1) is 16.9. The highest BCUT2D eigenvalue weighted by atomic mass is 16.1. The average molecular weight is 341 g/mol. The topological polar surface area (TPSA) is 53.2 Å². The molecule has 4 fully saturated rings. The Morgan fingerprint density at radius 2 is 1.64 bits per heavy atom. The number of nitrogens with one attached hydrogen (secondary N) is 3. The fourth-order valence-electron chi connectivity index (χ4n) is 5.91. The zero-order chi connectivity index (χ0) is 17.4. The van der Waals surface area contributed by atoms with Crippen molar-refractivity contribution in [3.63, 3.8) is 0 Å². The molecule has 4 aliphatic rings. The highest BCUT2D eigenvalue weighted by molar-refractivity contribution is 5.95. The molecule has 3 N–H and O–H groups in total. The minimum atomic E-state index is -0.0439. The van der Waals surface area contributed by atoms with E-state index in [0.717, 1.165) is 29.1 Å². The maximum absolute atomic E-state index is 12.4. The predicted molar refractivity (Wildman–Crippen MR) is 103 cm³/mol. The second kappa shape index (κ2) is 6.64. The smallest absolute Gasteiger partial charge is 0.228 e. The van der Waals surface area contributed by atoms with Crippen LogP contribution in [0.5, 0.6) is 0 Å². The first-order chi connectivity index (χ1) is 12.1. The van der Waals surface area contributed by atoms with Crippen LogP contribution in [0.15, 0.2) is 24.3 Å². The number of hydrogen-bond donors (Lipinski definition) is 3. The summed E-state index contributed by atoms with van der Waals surface area (Å²) in [6, 6.07) is 8.21. The van der Waals surface area contributed by atoms with Gasteiger partial charge in [0, 0.05) is 18.0 Å². The number of para-hydroxylation sites is 2. The number of hydrogen-bond acceptors (Lipinski definition) is 3. The summed E-state index contributed by atoms with van der Waals surface area (Å²) in [7, 11) is 1.88. The molecule has 1 amide bonds. The zero-order valence-corrected chi connectivity index (χ0v) is 15.5. The van der Waals surface area contributed by atoms with E-state index in [0.29, 0.717) is 6.54 Å². The molecule has 5 rings (SSSR count). The summed E-state index contributed by atoms with van der Waals surface area (Å²) in [5.74, 6) is 2.77. The van der Waals surface area contributed by atoms with E-state index >= 15 is 0 Å². The third-order valence-corrected chi connectivity index (χ3v) is 6.58. The molecule has 4 saturated carbocycles. The molecule has 0 heterocycles. The van der Waals surface area contributed by atoms with Gasteiger partial charge in [0.1, 0.15) is 0 Å².